The third kappa shape index (κ3) is 4.09. The maximum atomic E-state index is 13.3. The molecule has 0 radical (unpaired) electrons. The topological polar surface area (TPSA) is 106 Å². The average molecular weight is 441 g/mol. The van der Waals surface area contributed by atoms with Crippen molar-refractivity contribution >= 4 is 27.3 Å². The van der Waals surface area contributed by atoms with Gasteiger partial charge in [0.2, 0.25) is 27.6 Å². The summed E-state index contributed by atoms with van der Waals surface area (Å²) in [6.45, 7) is 6.30. The lowest BCUT2D eigenvalue weighted by Gasteiger charge is -2.35. The Morgan fingerprint density at radius 2 is 2.00 bits per heavy atom. The van der Waals surface area contributed by atoms with Gasteiger partial charge in [-0.05, 0) is 25.8 Å². The number of hydrogen-bond donors (Lipinski definition) is 0. The van der Waals surface area contributed by atoms with Crippen LogP contribution in [-0.2, 0) is 19.6 Å². The minimum atomic E-state index is -3.71. The molecule has 1 unspecified atom stereocenters. The van der Waals surface area contributed by atoms with E-state index in [1.54, 1.807) is 24.8 Å². The third-order valence-corrected chi connectivity index (χ3v) is 8.46. The lowest BCUT2D eigenvalue weighted by molar-refractivity contribution is -0.140. The van der Waals surface area contributed by atoms with Gasteiger partial charge in [-0.2, -0.15) is 9.29 Å². The number of carbonyl (C=O) groups excluding carboxylic acids is 1. The molecule has 2 aromatic heterocycles. The lowest BCUT2D eigenvalue weighted by atomic mass is 9.98. The largest absolute Gasteiger partial charge is 0.378 e. The van der Waals surface area contributed by atoms with Crippen molar-refractivity contribution in [2.24, 2.45) is 5.92 Å². The molecule has 0 saturated carbocycles. The van der Waals surface area contributed by atoms with E-state index >= 15 is 0 Å². The predicted molar refractivity (Wildman–Crippen MR) is 106 cm³/mol. The molecule has 1 amide bonds. The molecule has 158 valence electrons. The van der Waals surface area contributed by atoms with Crippen molar-refractivity contribution in [3.8, 4) is 10.7 Å². The van der Waals surface area contributed by atoms with Crippen LogP contribution < -0.4 is 0 Å². The second-order valence-corrected chi connectivity index (χ2v) is 10.5. The van der Waals surface area contributed by atoms with E-state index in [1.807, 2.05) is 0 Å². The minimum Gasteiger partial charge on any atom is -0.378 e. The van der Waals surface area contributed by atoms with Crippen LogP contribution in [0.15, 0.2) is 15.5 Å². The van der Waals surface area contributed by atoms with Gasteiger partial charge in [0.1, 0.15) is 0 Å². The summed E-state index contributed by atoms with van der Waals surface area (Å²) in [7, 11) is -3.71. The van der Waals surface area contributed by atoms with Gasteiger partial charge in [0.05, 0.1) is 28.9 Å². The molecule has 2 saturated heterocycles. The zero-order chi connectivity index (χ0) is 20.6. The highest BCUT2D eigenvalue weighted by molar-refractivity contribution is 7.89. The second-order valence-electron chi connectivity index (χ2n) is 7.31. The number of ether oxygens (including phenoxy) is 1. The van der Waals surface area contributed by atoms with E-state index in [1.165, 1.54) is 15.6 Å². The summed E-state index contributed by atoms with van der Waals surface area (Å²) >= 11 is 1.32. The van der Waals surface area contributed by atoms with Gasteiger partial charge in [0.25, 0.3) is 0 Å². The number of morpholine rings is 1. The van der Waals surface area contributed by atoms with Crippen molar-refractivity contribution in [3.63, 3.8) is 0 Å². The fourth-order valence-corrected chi connectivity index (χ4v) is 6.78. The van der Waals surface area contributed by atoms with Crippen LogP contribution >= 0.6 is 11.3 Å². The quantitative estimate of drug-likeness (QED) is 0.712. The Labute approximate surface area is 173 Å². The highest BCUT2D eigenvalue weighted by Crippen LogP contribution is 2.35. The first-order valence-corrected chi connectivity index (χ1v) is 11.9. The van der Waals surface area contributed by atoms with Crippen LogP contribution in [0.3, 0.4) is 0 Å². The number of sulfonamides is 1. The number of piperidine rings is 1. The van der Waals surface area contributed by atoms with Gasteiger partial charge in [-0.25, -0.2) is 8.42 Å². The summed E-state index contributed by atoms with van der Waals surface area (Å²) < 4.78 is 38.4. The molecular formula is C18H24N4O5S2. The molecule has 2 fully saturated rings. The van der Waals surface area contributed by atoms with Crippen molar-refractivity contribution in [2.75, 3.05) is 39.4 Å². The number of thiophene rings is 1. The Bertz CT molecular complexity index is 994. The van der Waals surface area contributed by atoms with E-state index < -0.39 is 10.0 Å². The first-order valence-electron chi connectivity index (χ1n) is 9.64. The average Bonchev–Trinajstić information content (AvgIpc) is 3.34. The van der Waals surface area contributed by atoms with Crippen molar-refractivity contribution in [1.82, 2.24) is 19.3 Å². The van der Waals surface area contributed by atoms with E-state index in [-0.39, 0.29) is 23.3 Å². The van der Waals surface area contributed by atoms with Crippen molar-refractivity contribution < 1.29 is 22.5 Å². The third-order valence-electron chi connectivity index (χ3n) is 5.29. The SMILES string of the molecule is Cc1nc(-c2cc(S(=O)(=O)N3CCCC(C(=O)N4CCOCC4)C3)c(C)s2)no1. The molecule has 0 aliphatic carbocycles. The number of aryl methyl sites for hydroxylation is 2. The Kier molecular flexibility index (Phi) is 5.74. The number of rotatable bonds is 4. The van der Waals surface area contributed by atoms with Crippen molar-refractivity contribution in [1.29, 1.82) is 0 Å². The predicted octanol–water partition coefficient (Wildman–Crippen LogP) is 1.67. The molecule has 0 spiro atoms. The van der Waals surface area contributed by atoms with Crippen LogP contribution in [0.25, 0.3) is 10.7 Å². The van der Waals surface area contributed by atoms with Gasteiger partial charge in [0.15, 0.2) is 0 Å². The first-order chi connectivity index (χ1) is 13.9. The van der Waals surface area contributed by atoms with E-state index in [0.29, 0.717) is 67.2 Å². The van der Waals surface area contributed by atoms with Gasteiger partial charge < -0.3 is 14.2 Å². The van der Waals surface area contributed by atoms with E-state index in [0.717, 1.165) is 0 Å². The molecule has 2 aliphatic rings. The fourth-order valence-electron chi connectivity index (χ4n) is 3.77. The van der Waals surface area contributed by atoms with Crippen LogP contribution in [-0.4, -0.2) is 73.1 Å². The highest BCUT2D eigenvalue weighted by atomic mass is 32.2. The number of aromatic nitrogens is 2. The summed E-state index contributed by atoms with van der Waals surface area (Å²) in [6, 6.07) is 1.60. The van der Waals surface area contributed by atoms with E-state index in [4.69, 9.17) is 9.26 Å². The molecule has 2 aromatic rings. The molecule has 0 bridgehead atoms. The van der Waals surface area contributed by atoms with E-state index in [9.17, 15) is 13.2 Å². The molecule has 1 atom stereocenters. The summed E-state index contributed by atoms with van der Waals surface area (Å²) in [5, 5.41) is 3.88. The molecule has 0 aromatic carbocycles. The van der Waals surface area contributed by atoms with Crippen LogP contribution in [0.1, 0.15) is 23.6 Å². The number of amides is 1. The maximum Gasteiger partial charge on any atom is 0.244 e. The van der Waals surface area contributed by atoms with Gasteiger partial charge in [0, 0.05) is 38.0 Å². The zero-order valence-corrected chi connectivity index (χ0v) is 18.1. The van der Waals surface area contributed by atoms with Gasteiger partial charge in [-0.1, -0.05) is 5.16 Å². The Hall–Kier alpha value is -1.82. The number of carbonyl (C=O) groups is 1. The van der Waals surface area contributed by atoms with Gasteiger partial charge in [-0.15, -0.1) is 11.3 Å². The monoisotopic (exact) mass is 440 g/mol. The fraction of sp³-hybridized carbons (Fsp3) is 0.611. The number of hydrogen-bond acceptors (Lipinski definition) is 8. The summed E-state index contributed by atoms with van der Waals surface area (Å²) in [6.07, 6.45) is 1.37. The van der Waals surface area contributed by atoms with Gasteiger partial charge >= 0.3 is 0 Å². The minimum absolute atomic E-state index is 0.0261. The molecule has 0 N–H and O–H groups in total. The van der Waals surface area contributed by atoms with Crippen molar-refractivity contribution in [2.45, 2.75) is 31.6 Å². The molecule has 4 heterocycles. The van der Waals surface area contributed by atoms with Crippen LogP contribution in [0, 0.1) is 19.8 Å². The first kappa shape index (κ1) is 20.5. The summed E-state index contributed by atoms with van der Waals surface area (Å²) in [4.78, 5) is 20.4. The normalized spacial score (nSPS) is 21.4. The standard InChI is InChI=1S/C18H24N4O5S2/c1-12-16(10-15(28-12)17-19-13(2)27-20-17)29(24,25)22-5-3-4-14(11-22)18(23)21-6-8-26-9-7-21/h10,14H,3-9,11H2,1-2H3. The maximum absolute atomic E-state index is 13.3. The second kappa shape index (κ2) is 8.13. The summed E-state index contributed by atoms with van der Waals surface area (Å²) in [5.74, 6) is 0.528. The molecule has 9 nitrogen and oxygen atoms in total. The van der Waals surface area contributed by atoms with Crippen molar-refractivity contribution in [3.05, 3.63) is 16.8 Å². The Balaban J connectivity index is 1.54. The lowest BCUT2D eigenvalue weighted by Crippen LogP contribution is -2.49. The molecule has 11 heteroatoms. The highest BCUT2D eigenvalue weighted by Gasteiger charge is 2.36. The van der Waals surface area contributed by atoms with Crippen LogP contribution in [0.5, 0.6) is 0 Å². The zero-order valence-electron chi connectivity index (χ0n) is 16.5. The molecule has 29 heavy (non-hydrogen) atoms. The smallest absolute Gasteiger partial charge is 0.244 e. The van der Waals surface area contributed by atoms with E-state index in [2.05, 4.69) is 10.1 Å². The molecule has 2 aliphatic heterocycles. The molecular weight excluding hydrogens is 416 g/mol. The Morgan fingerprint density at radius 3 is 2.69 bits per heavy atom. The van der Waals surface area contributed by atoms with Crippen LogP contribution in [0.4, 0.5) is 0 Å². The van der Waals surface area contributed by atoms with Crippen LogP contribution in [0.2, 0.25) is 0 Å². The molecule has 4 rings (SSSR count). The summed E-state index contributed by atoms with van der Waals surface area (Å²) in [5.41, 5.74) is 0. The van der Waals surface area contributed by atoms with Gasteiger partial charge in [-0.3, -0.25) is 4.79 Å². The number of nitrogens with zero attached hydrogens (tertiary/aromatic N) is 4. The Morgan fingerprint density at radius 1 is 1.24 bits per heavy atom.